The fourth-order valence-corrected chi connectivity index (χ4v) is 3.88. The van der Waals surface area contributed by atoms with Gasteiger partial charge >= 0.3 is 5.97 Å². The fourth-order valence-electron chi connectivity index (χ4n) is 1.63. The van der Waals surface area contributed by atoms with E-state index in [1.165, 1.54) is 19.2 Å². The summed E-state index contributed by atoms with van der Waals surface area (Å²) in [7, 11) is 1.26. The first-order valence-electron chi connectivity index (χ1n) is 6.44. The van der Waals surface area contributed by atoms with Crippen LogP contribution in [0.5, 0.6) is 0 Å². The van der Waals surface area contributed by atoms with E-state index in [9.17, 15) is 14.4 Å². The van der Waals surface area contributed by atoms with Crippen molar-refractivity contribution < 1.29 is 9.53 Å². The lowest BCUT2D eigenvalue weighted by Crippen LogP contribution is -2.19. The number of hydrogen-bond acceptors (Lipinski definition) is 8. The van der Waals surface area contributed by atoms with E-state index < -0.39 is 10.6 Å². The van der Waals surface area contributed by atoms with E-state index in [1.807, 2.05) is 0 Å². The Labute approximate surface area is 139 Å². The van der Waals surface area contributed by atoms with Gasteiger partial charge in [0, 0.05) is 23.5 Å². The van der Waals surface area contributed by atoms with Crippen LogP contribution < -0.4 is 11.1 Å². The Morgan fingerprint density at radius 1 is 1.04 bits per heavy atom. The number of H-pyrrole nitrogens is 2. The number of ether oxygens (including phenoxy) is 1. The van der Waals surface area contributed by atoms with Crippen molar-refractivity contribution in [3.05, 3.63) is 44.2 Å². The third-order valence-corrected chi connectivity index (χ3v) is 4.75. The van der Waals surface area contributed by atoms with E-state index in [2.05, 4.69) is 19.9 Å². The van der Waals surface area contributed by atoms with E-state index >= 15 is 0 Å². The van der Waals surface area contributed by atoms with Crippen molar-refractivity contribution in [1.82, 2.24) is 19.9 Å². The number of esters is 1. The first kappa shape index (κ1) is 17.3. The molecule has 2 aromatic rings. The van der Waals surface area contributed by atoms with Crippen LogP contribution in [0.4, 0.5) is 0 Å². The number of rotatable bonds is 5. The molecule has 0 fully saturated rings. The minimum absolute atomic E-state index is 0.285. The maximum atomic E-state index is 12.0. The number of nitrogens with one attached hydrogen (secondary N) is 2. The maximum absolute atomic E-state index is 12.0. The van der Waals surface area contributed by atoms with Gasteiger partial charge < -0.3 is 14.7 Å². The van der Waals surface area contributed by atoms with Crippen molar-refractivity contribution in [2.24, 2.45) is 0 Å². The van der Waals surface area contributed by atoms with Crippen LogP contribution in [0.3, 0.4) is 0 Å². The van der Waals surface area contributed by atoms with E-state index in [0.717, 1.165) is 23.5 Å². The van der Waals surface area contributed by atoms with E-state index in [-0.39, 0.29) is 21.4 Å². The van der Waals surface area contributed by atoms with Crippen molar-refractivity contribution in [2.75, 3.05) is 7.11 Å². The molecule has 0 spiro atoms. The topological polar surface area (TPSA) is 118 Å². The van der Waals surface area contributed by atoms with Crippen molar-refractivity contribution in [3.8, 4) is 0 Å². The van der Waals surface area contributed by atoms with Gasteiger partial charge in [0.2, 0.25) is 0 Å². The number of aromatic nitrogens is 4. The molecule has 0 aliphatic rings. The summed E-state index contributed by atoms with van der Waals surface area (Å²) in [5.41, 5.74) is 0.449. The maximum Gasteiger partial charge on any atom is 0.330 e. The Morgan fingerprint density at radius 3 is 1.83 bits per heavy atom. The summed E-state index contributed by atoms with van der Waals surface area (Å²) >= 11 is 2.03. The number of carbonyl (C=O) groups is 1. The number of aryl methyl sites for hydroxylation is 2. The van der Waals surface area contributed by atoms with Crippen LogP contribution >= 0.6 is 23.5 Å². The predicted molar refractivity (Wildman–Crippen MR) is 86.7 cm³/mol. The highest BCUT2D eigenvalue weighted by atomic mass is 32.2. The zero-order valence-corrected chi connectivity index (χ0v) is 14.2. The van der Waals surface area contributed by atoms with Crippen LogP contribution in [-0.2, 0) is 9.53 Å². The molecule has 0 bridgehead atoms. The zero-order valence-electron chi connectivity index (χ0n) is 12.6. The molecule has 0 amide bonds. The first-order valence-corrected chi connectivity index (χ1v) is 8.20. The second kappa shape index (κ2) is 7.47. The van der Waals surface area contributed by atoms with Gasteiger partial charge in [0.1, 0.15) is 0 Å². The SMILES string of the molecule is COC(=O)C(Sc1nc(C)cc(=O)[nH]1)Sc1nc(C)cc(=O)[nH]1. The van der Waals surface area contributed by atoms with Gasteiger partial charge in [0.05, 0.1) is 7.11 Å². The van der Waals surface area contributed by atoms with Crippen molar-refractivity contribution in [3.63, 3.8) is 0 Å². The van der Waals surface area contributed by atoms with Crippen molar-refractivity contribution >= 4 is 29.5 Å². The number of hydrogen-bond donors (Lipinski definition) is 2. The quantitative estimate of drug-likeness (QED) is 0.351. The number of methoxy groups -OCH3 is 1. The Morgan fingerprint density at radius 2 is 1.48 bits per heavy atom. The van der Waals surface area contributed by atoms with E-state index in [4.69, 9.17) is 4.74 Å². The average molecular weight is 354 g/mol. The van der Waals surface area contributed by atoms with Gasteiger partial charge in [-0.25, -0.2) is 14.8 Å². The molecule has 10 heteroatoms. The summed E-state index contributed by atoms with van der Waals surface area (Å²) in [6, 6.07) is 2.70. The predicted octanol–water partition coefficient (Wildman–Crippen LogP) is 0.854. The molecule has 0 saturated carbocycles. The molecule has 122 valence electrons. The second-order valence-electron chi connectivity index (χ2n) is 4.47. The molecule has 2 N–H and O–H groups in total. The monoisotopic (exact) mass is 354 g/mol. The highest BCUT2D eigenvalue weighted by Gasteiger charge is 2.24. The van der Waals surface area contributed by atoms with Gasteiger partial charge in [-0.1, -0.05) is 23.5 Å². The summed E-state index contributed by atoms with van der Waals surface area (Å²) in [6.45, 7) is 3.36. The number of thioether (sulfide) groups is 2. The second-order valence-corrected chi connectivity index (χ2v) is 6.96. The number of aromatic amines is 2. The van der Waals surface area contributed by atoms with Crippen LogP contribution in [0, 0.1) is 13.8 Å². The summed E-state index contributed by atoms with van der Waals surface area (Å²) in [4.78, 5) is 48.4. The Bertz CT molecular complexity index is 772. The van der Waals surface area contributed by atoms with E-state index in [1.54, 1.807) is 13.8 Å². The summed E-state index contributed by atoms with van der Waals surface area (Å²) in [6.07, 6.45) is 0. The smallest absolute Gasteiger partial charge is 0.330 e. The molecular formula is C13H14N4O4S2. The Balaban J connectivity index is 2.28. The minimum atomic E-state index is -0.783. The highest BCUT2D eigenvalue weighted by Crippen LogP contribution is 2.32. The molecule has 0 aromatic carbocycles. The molecule has 23 heavy (non-hydrogen) atoms. The standard InChI is InChI=1S/C13H14N4O4S2/c1-6-4-8(18)16-12(14-6)22-11(10(20)21-3)23-13-15-7(2)5-9(19)17-13/h4-5,11H,1-3H3,(H,14,16,18)(H,15,17,19). The fraction of sp³-hybridized carbons (Fsp3) is 0.308. The number of nitrogens with zero attached hydrogens (tertiary/aromatic N) is 2. The molecule has 2 rings (SSSR count). The lowest BCUT2D eigenvalue weighted by Gasteiger charge is -2.12. The molecule has 2 heterocycles. The third kappa shape index (κ3) is 4.96. The molecule has 0 unspecified atom stereocenters. The summed E-state index contributed by atoms with van der Waals surface area (Å²) < 4.78 is 3.98. The Hall–Kier alpha value is -2.07. The normalized spacial score (nSPS) is 10.8. The molecule has 0 atom stereocenters. The zero-order chi connectivity index (χ0) is 17.0. The highest BCUT2D eigenvalue weighted by molar-refractivity contribution is 8.17. The van der Waals surface area contributed by atoms with Crippen molar-refractivity contribution in [2.45, 2.75) is 28.7 Å². The Kier molecular flexibility index (Phi) is 5.61. The summed E-state index contributed by atoms with van der Waals surface area (Å²) in [5, 5.41) is 0.570. The van der Waals surface area contributed by atoms with Gasteiger partial charge in [0.25, 0.3) is 11.1 Å². The van der Waals surface area contributed by atoms with Gasteiger partial charge in [-0.2, -0.15) is 0 Å². The van der Waals surface area contributed by atoms with Crippen LogP contribution in [0.1, 0.15) is 11.4 Å². The van der Waals surface area contributed by atoms with Gasteiger partial charge in [-0.3, -0.25) is 9.59 Å². The molecule has 0 aliphatic heterocycles. The lowest BCUT2D eigenvalue weighted by molar-refractivity contribution is -0.138. The van der Waals surface area contributed by atoms with Crippen LogP contribution in [0.15, 0.2) is 32.0 Å². The molecule has 0 saturated heterocycles. The van der Waals surface area contributed by atoms with Crippen LogP contribution in [-0.4, -0.2) is 37.6 Å². The van der Waals surface area contributed by atoms with Gasteiger partial charge in [-0.05, 0) is 13.8 Å². The molecule has 0 radical (unpaired) electrons. The largest absolute Gasteiger partial charge is 0.468 e. The van der Waals surface area contributed by atoms with Gasteiger partial charge in [0.15, 0.2) is 14.9 Å². The molecule has 2 aromatic heterocycles. The lowest BCUT2D eigenvalue weighted by atomic mass is 10.5. The van der Waals surface area contributed by atoms with Crippen LogP contribution in [0.25, 0.3) is 0 Å². The van der Waals surface area contributed by atoms with Gasteiger partial charge in [-0.15, -0.1) is 0 Å². The van der Waals surface area contributed by atoms with Crippen molar-refractivity contribution in [1.29, 1.82) is 0 Å². The summed E-state index contributed by atoms with van der Waals surface area (Å²) in [5.74, 6) is -0.534. The first-order chi connectivity index (χ1) is 10.9. The minimum Gasteiger partial charge on any atom is -0.468 e. The van der Waals surface area contributed by atoms with E-state index in [0.29, 0.717) is 11.4 Å². The molecule has 8 nitrogen and oxygen atoms in total. The van der Waals surface area contributed by atoms with Crippen LogP contribution in [0.2, 0.25) is 0 Å². The molecule has 0 aliphatic carbocycles. The number of carbonyl (C=O) groups excluding carboxylic acids is 1. The third-order valence-electron chi connectivity index (χ3n) is 2.53. The molecular weight excluding hydrogens is 340 g/mol. The average Bonchev–Trinajstić information content (AvgIpc) is 2.43.